The van der Waals surface area contributed by atoms with Crippen LogP contribution in [0.4, 0.5) is 5.82 Å². The van der Waals surface area contributed by atoms with Crippen LogP contribution in [0.5, 0.6) is 0 Å². The minimum absolute atomic E-state index is 0.766. The molecule has 1 N–H and O–H groups in total. The summed E-state index contributed by atoms with van der Waals surface area (Å²) >= 11 is 5.89. The number of anilines is 1. The van der Waals surface area contributed by atoms with Gasteiger partial charge in [0.25, 0.3) is 0 Å². The quantitative estimate of drug-likeness (QED) is 0.849. The summed E-state index contributed by atoms with van der Waals surface area (Å²) < 4.78 is 0. The van der Waals surface area contributed by atoms with E-state index in [2.05, 4.69) is 34.2 Å². The van der Waals surface area contributed by atoms with Crippen LogP contribution in [0.2, 0.25) is 5.02 Å². The Morgan fingerprint density at radius 1 is 1.10 bits per heavy atom. The smallest absolute Gasteiger partial charge is 0.144 e. The van der Waals surface area contributed by atoms with Gasteiger partial charge in [-0.05, 0) is 31.2 Å². The number of aromatic nitrogens is 2. The molecule has 0 saturated heterocycles. The third-order valence-corrected chi connectivity index (χ3v) is 3.31. The summed E-state index contributed by atoms with van der Waals surface area (Å²) in [7, 11) is 2.07. The molecule has 1 heterocycles. The van der Waals surface area contributed by atoms with Gasteiger partial charge in [0.15, 0.2) is 0 Å². The first kappa shape index (κ1) is 15.7. The average Bonchev–Trinajstić information content (AvgIpc) is 2.49. The fourth-order valence-corrected chi connectivity index (χ4v) is 2.14. The molecular formula is C16H21ClN4. The number of nitrogens with zero attached hydrogens (tertiary/aromatic N) is 3. The Kier molecular flexibility index (Phi) is 5.96. The fraction of sp³-hybridized carbons (Fsp3) is 0.375. The second kappa shape index (κ2) is 7.96. The van der Waals surface area contributed by atoms with E-state index in [1.54, 1.807) is 6.20 Å². The van der Waals surface area contributed by atoms with E-state index in [1.165, 1.54) is 5.56 Å². The number of rotatable bonds is 7. The maximum atomic E-state index is 5.89. The number of nitrogens with one attached hydrogen (secondary N) is 1. The summed E-state index contributed by atoms with van der Waals surface area (Å²) in [6, 6.07) is 7.92. The molecule has 0 bridgehead atoms. The summed E-state index contributed by atoms with van der Waals surface area (Å²) in [4.78, 5) is 11.0. The molecule has 0 saturated carbocycles. The minimum atomic E-state index is 0.766. The standard InChI is InChI=1S/C16H21ClN4/c1-3-8-18-16-10-19-15(9-20-16)12-21(2)11-13-4-6-14(17)7-5-13/h4-7,9-10H,3,8,11-12H2,1-2H3,(H,18,20). The first-order valence-corrected chi connectivity index (χ1v) is 7.53. The van der Waals surface area contributed by atoms with Crippen LogP contribution in [0.3, 0.4) is 0 Å². The zero-order chi connectivity index (χ0) is 15.1. The number of benzene rings is 1. The van der Waals surface area contributed by atoms with Crippen molar-refractivity contribution in [1.82, 2.24) is 14.9 Å². The predicted octanol–water partition coefficient (Wildman–Crippen LogP) is 3.58. The van der Waals surface area contributed by atoms with E-state index in [0.717, 1.165) is 42.6 Å². The third-order valence-electron chi connectivity index (χ3n) is 3.06. The summed E-state index contributed by atoms with van der Waals surface area (Å²) in [5.74, 6) is 0.834. The van der Waals surface area contributed by atoms with E-state index in [0.29, 0.717) is 0 Å². The molecule has 21 heavy (non-hydrogen) atoms. The van der Waals surface area contributed by atoms with E-state index < -0.39 is 0 Å². The van der Waals surface area contributed by atoms with Crippen LogP contribution in [0.25, 0.3) is 0 Å². The molecule has 1 aromatic carbocycles. The van der Waals surface area contributed by atoms with Crippen LogP contribution in [-0.4, -0.2) is 28.5 Å². The van der Waals surface area contributed by atoms with Gasteiger partial charge >= 0.3 is 0 Å². The van der Waals surface area contributed by atoms with Crippen LogP contribution >= 0.6 is 11.6 Å². The first-order valence-electron chi connectivity index (χ1n) is 7.15. The Morgan fingerprint density at radius 2 is 1.86 bits per heavy atom. The molecule has 0 aliphatic carbocycles. The van der Waals surface area contributed by atoms with E-state index in [9.17, 15) is 0 Å². The average molecular weight is 305 g/mol. The van der Waals surface area contributed by atoms with Gasteiger partial charge in [0.1, 0.15) is 5.82 Å². The van der Waals surface area contributed by atoms with Gasteiger partial charge in [-0.15, -0.1) is 0 Å². The molecular weight excluding hydrogens is 284 g/mol. The highest BCUT2D eigenvalue weighted by atomic mass is 35.5. The second-order valence-corrected chi connectivity index (χ2v) is 5.55. The van der Waals surface area contributed by atoms with Crippen LogP contribution in [0, 0.1) is 0 Å². The van der Waals surface area contributed by atoms with E-state index in [-0.39, 0.29) is 0 Å². The summed E-state index contributed by atoms with van der Waals surface area (Å²) in [5, 5.41) is 3.99. The normalized spacial score (nSPS) is 10.9. The monoisotopic (exact) mass is 304 g/mol. The molecule has 112 valence electrons. The van der Waals surface area contributed by atoms with Crippen molar-refractivity contribution >= 4 is 17.4 Å². The van der Waals surface area contributed by atoms with Crippen molar-refractivity contribution in [2.24, 2.45) is 0 Å². The molecule has 0 amide bonds. The summed E-state index contributed by atoms with van der Waals surface area (Å²) in [6.07, 6.45) is 4.70. The van der Waals surface area contributed by atoms with Crippen LogP contribution in [-0.2, 0) is 13.1 Å². The third kappa shape index (κ3) is 5.33. The molecule has 0 fully saturated rings. The van der Waals surface area contributed by atoms with Gasteiger partial charge in [0, 0.05) is 24.7 Å². The highest BCUT2D eigenvalue weighted by Gasteiger charge is 2.04. The van der Waals surface area contributed by atoms with Crippen molar-refractivity contribution in [2.45, 2.75) is 26.4 Å². The summed E-state index contributed by atoms with van der Waals surface area (Å²) in [5.41, 5.74) is 2.20. The lowest BCUT2D eigenvalue weighted by atomic mass is 10.2. The fourth-order valence-electron chi connectivity index (χ4n) is 2.01. The molecule has 0 radical (unpaired) electrons. The van der Waals surface area contributed by atoms with Gasteiger partial charge in [0.05, 0.1) is 18.1 Å². The van der Waals surface area contributed by atoms with Crippen LogP contribution < -0.4 is 5.32 Å². The molecule has 5 heteroatoms. The lowest BCUT2D eigenvalue weighted by molar-refractivity contribution is 0.314. The molecule has 0 aliphatic rings. The van der Waals surface area contributed by atoms with Gasteiger partial charge in [-0.25, -0.2) is 4.98 Å². The van der Waals surface area contributed by atoms with E-state index in [1.807, 2.05) is 30.5 Å². The zero-order valence-corrected chi connectivity index (χ0v) is 13.3. The molecule has 2 aromatic rings. The molecule has 4 nitrogen and oxygen atoms in total. The Balaban J connectivity index is 1.87. The molecule has 0 aliphatic heterocycles. The van der Waals surface area contributed by atoms with Crippen molar-refractivity contribution in [3.05, 3.63) is 52.9 Å². The van der Waals surface area contributed by atoms with Gasteiger partial charge in [-0.2, -0.15) is 0 Å². The minimum Gasteiger partial charge on any atom is -0.369 e. The van der Waals surface area contributed by atoms with Crippen LogP contribution in [0.1, 0.15) is 24.6 Å². The number of halogens is 1. The maximum Gasteiger partial charge on any atom is 0.144 e. The molecule has 0 atom stereocenters. The van der Waals surface area contributed by atoms with Crippen molar-refractivity contribution in [1.29, 1.82) is 0 Å². The Morgan fingerprint density at radius 3 is 2.48 bits per heavy atom. The van der Waals surface area contributed by atoms with Gasteiger partial charge < -0.3 is 5.32 Å². The second-order valence-electron chi connectivity index (χ2n) is 5.12. The first-order chi connectivity index (χ1) is 10.2. The van der Waals surface area contributed by atoms with Crippen molar-refractivity contribution < 1.29 is 0 Å². The maximum absolute atomic E-state index is 5.89. The van der Waals surface area contributed by atoms with Gasteiger partial charge in [-0.1, -0.05) is 30.7 Å². The molecule has 0 unspecified atom stereocenters. The van der Waals surface area contributed by atoms with Crippen molar-refractivity contribution in [3.63, 3.8) is 0 Å². The number of hydrogen-bond donors (Lipinski definition) is 1. The Hall–Kier alpha value is -1.65. The number of hydrogen-bond acceptors (Lipinski definition) is 4. The zero-order valence-electron chi connectivity index (χ0n) is 12.5. The largest absolute Gasteiger partial charge is 0.369 e. The topological polar surface area (TPSA) is 41.1 Å². The Bertz CT molecular complexity index is 539. The molecule has 0 spiro atoms. The molecule has 1 aromatic heterocycles. The highest BCUT2D eigenvalue weighted by Crippen LogP contribution is 2.12. The van der Waals surface area contributed by atoms with E-state index >= 15 is 0 Å². The SMILES string of the molecule is CCCNc1cnc(CN(C)Cc2ccc(Cl)cc2)cn1. The van der Waals surface area contributed by atoms with Crippen molar-refractivity contribution in [3.8, 4) is 0 Å². The Labute approximate surface area is 131 Å². The lowest BCUT2D eigenvalue weighted by Crippen LogP contribution is -2.18. The predicted molar refractivity (Wildman–Crippen MR) is 87.4 cm³/mol. The van der Waals surface area contributed by atoms with Crippen LogP contribution in [0.15, 0.2) is 36.7 Å². The van der Waals surface area contributed by atoms with Crippen molar-refractivity contribution in [2.75, 3.05) is 18.9 Å². The lowest BCUT2D eigenvalue weighted by Gasteiger charge is -2.16. The highest BCUT2D eigenvalue weighted by molar-refractivity contribution is 6.30. The summed E-state index contributed by atoms with van der Waals surface area (Å²) in [6.45, 7) is 4.67. The van der Waals surface area contributed by atoms with Gasteiger partial charge in [0.2, 0.25) is 0 Å². The molecule has 2 rings (SSSR count). The van der Waals surface area contributed by atoms with Gasteiger partial charge in [-0.3, -0.25) is 9.88 Å². The van der Waals surface area contributed by atoms with E-state index in [4.69, 9.17) is 11.6 Å².